The van der Waals surface area contributed by atoms with Gasteiger partial charge in [-0.1, -0.05) is 0 Å². The van der Waals surface area contributed by atoms with Crippen molar-refractivity contribution in [1.82, 2.24) is 24.7 Å². The normalized spacial score (nSPS) is 19.7. The molecule has 1 saturated heterocycles. The summed E-state index contributed by atoms with van der Waals surface area (Å²) < 4.78 is 25.2. The van der Waals surface area contributed by atoms with Gasteiger partial charge in [-0.25, -0.2) is 18.4 Å². The fourth-order valence-electron chi connectivity index (χ4n) is 3.03. The van der Waals surface area contributed by atoms with Gasteiger partial charge in [-0.3, -0.25) is 0 Å². The Morgan fingerprint density at radius 3 is 2.96 bits per heavy atom. The maximum Gasteiger partial charge on any atom is 0.197 e. The number of rotatable bonds is 4. The van der Waals surface area contributed by atoms with Crippen LogP contribution in [0.5, 0.6) is 0 Å². The van der Waals surface area contributed by atoms with E-state index in [1.807, 2.05) is 11.6 Å². The molecule has 4 heterocycles. The first-order chi connectivity index (χ1) is 11.9. The lowest BCUT2D eigenvalue weighted by atomic mass is 10.1. The lowest BCUT2D eigenvalue weighted by Crippen LogP contribution is -2.11. The average molecular weight is 396 g/mol. The largest absolute Gasteiger partial charge is 0.309 e. The van der Waals surface area contributed by atoms with E-state index in [0.29, 0.717) is 12.8 Å². The Morgan fingerprint density at radius 1 is 1.36 bits per heavy atom. The van der Waals surface area contributed by atoms with E-state index in [0.717, 1.165) is 26.2 Å². The summed E-state index contributed by atoms with van der Waals surface area (Å²) in [7, 11) is -0.956. The van der Waals surface area contributed by atoms with Gasteiger partial charge in [0.05, 0.1) is 11.5 Å². The molecule has 0 spiro atoms. The fraction of sp³-hybridized carbons (Fsp3) is 0.467. The highest BCUT2D eigenvalue weighted by atomic mass is 32.2. The number of nitrogens with zero attached hydrogens (tertiary/aromatic N) is 5. The molecule has 25 heavy (non-hydrogen) atoms. The standard InChI is InChI=1S/C15H17N5O2S3/c1-9-5-11-13(23-9)16-8-17-14(11)24-15-19-18-12(20(15)2)6-10-3-4-25(21,22)7-10/h5,8,10H,3-4,6-7H2,1-2H3. The first kappa shape index (κ1) is 16.9. The molecule has 0 amide bonds. The molecule has 1 aliphatic rings. The van der Waals surface area contributed by atoms with Crippen LogP contribution in [0.2, 0.25) is 0 Å². The molecule has 132 valence electrons. The number of fused-ring (bicyclic) bond motifs is 1. The lowest BCUT2D eigenvalue weighted by molar-refractivity contribution is 0.552. The number of aromatic nitrogens is 5. The molecule has 3 aromatic heterocycles. The Morgan fingerprint density at radius 2 is 2.20 bits per heavy atom. The first-order valence-electron chi connectivity index (χ1n) is 7.89. The molecular weight excluding hydrogens is 378 g/mol. The van der Waals surface area contributed by atoms with E-state index in [1.165, 1.54) is 16.6 Å². The van der Waals surface area contributed by atoms with Crippen LogP contribution in [-0.2, 0) is 23.3 Å². The van der Waals surface area contributed by atoms with Crippen molar-refractivity contribution in [2.75, 3.05) is 11.5 Å². The van der Waals surface area contributed by atoms with Gasteiger partial charge in [-0.2, -0.15) is 0 Å². The monoisotopic (exact) mass is 395 g/mol. The minimum absolute atomic E-state index is 0.135. The van der Waals surface area contributed by atoms with E-state index < -0.39 is 9.84 Å². The van der Waals surface area contributed by atoms with Crippen LogP contribution in [0.25, 0.3) is 10.2 Å². The molecule has 4 rings (SSSR count). The van der Waals surface area contributed by atoms with Gasteiger partial charge in [0.15, 0.2) is 15.0 Å². The van der Waals surface area contributed by atoms with Crippen LogP contribution >= 0.6 is 23.1 Å². The number of aryl methyl sites for hydroxylation is 1. The fourth-order valence-corrected chi connectivity index (χ4v) is 6.66. The van der Waals surface area contributed by atoms with Gasteiger partial charge in [-0.15, -0.1) is 21.5 Å². The summed E-state index contributed by atoms with van der Waals surface area (Å²) in [5.74, 6) is 1.49. The highest BCUT2D eigenvalue weighted by molar-refractivity contribution is 7.99. The van der Waals surface area contributed by atoms with Crippen LogP contribution in [0.1, 0.15) is 17.1 Å². The molecule has 1 unspecified atom stereocenters. The van der Waals surface area contributed by atoms with E-state index in [2.05, 4.69) is 33.2 Å². The Balaban J connectivity index is 1.57. The third-order valence-corrected chi connectivity index (χ3v) is 8.18. The summed E-state index contributed by atoms with van der Waals surface area (Å²) in [6.45, 7) is 2.05. The summed E-state index contributed by atoms with van der Waals surface area (Å²) in [5.41, 5.74) is 0. The average Bonchev–Trinajstić information content (AvgIpc) is 3.20. The SMILES string of the molecule is Cc1cc2c(Sc3nnc(CC4CCS(=O)(=O)C4)n3C)ncnc2s1. The zero-order valence-corrected chi connectivity index (χ0v) is 16.3. The third kappa shape index (κ3) is 3.42. The van der Waals surface area contributed by atoms with Crippen LogP contribution in [-0.4, -0.2) is 44.7 Å². The van der Waals surface area contributed by atoms with Crippen LogP contribution in [0.3, 0.4) is 0 Å². The molecule has 7 nitrogen and oxygen atoms in total. The zero-order valence-electron chi connectivity index (χ0n) is 13.8. The Labute approximate surface area is 153 Å². The highest BCUT2D eigenvalue weighted by Crippen LogP contribution is 2.34. The van der Waals surface area contributed by atoms with Crippen molar-refractivity contribution in [3.8, 4) is 0 Å². The quantitative estimate of drug-likeness (QED) is 0.626. The predicted octanol–water partition coefficient (Wildman–Crippen LogP) is 2.26. The molecular formula is C15H17N5O2S3. The Bertz CT molecular complexity index is 1040. The Hall–Kier alpha value is -1.52. The maximum atomic E-state index is 11.6. The Kier molecular flexibility index (Phi) is 4.28. The second-order valence-electron chi connectivity index (χ2n) is 6.29. The number of hydrogen-bond donors (Lipinski definition) is 0. The van der Waals surface area contributed by atoms with Crippen LogP contribution in [0.15, 0.2) is 22.6 Å². The van der Waals surface area contributed by atoms with Crippen molar-refractivity contribution < 1.29 is 8.42 Å². The smallest absolute Gasteiger partial charge is 0.197 e. The summed E-state index contributed by atoms with van der Waals surface area (Å²) in [5, 5.41) is 11.2. The summed E-state index contributed by atoms with van der Waals surface area (Å²) in [4.78, 5) is 10.9. The first-order valence-corrected chi connectivity index (χ1v) is 11.3. The van der Waals surface area contributed by atoms with Crippen LogP contribution < -0.4 is 0 Å². The van der Waals surface area contributed by atoms with Crippen molar-refractivity contribution in [2.45, 2.75) is 29.9 Å². The lowest BCUT2D eigenvalue weighted by Gasteiger charge is -2.07. The molecule has 1 fully saturated rings. The summed E-state index contributed by atoms with van der Waals surface area (Å²) in [6.07, 6.45) is 2.92. The highest BCUT2D eigenvalue weighted by Gasteiger charge is 2.29. The van der Waals surface area contributed by atoms with Crippen molar-refractivity contribution in [3.63, 3.8) is 0 Å². The summed E-state index contributed by atoms with van der Waals surface area (Å²) >= 11 is 3.11. The zero-order chi connectivity index (χ0) is 17.6. The van der Waals surface area contributed by atoms with Crippen molar-refractivity contribution >= 4 is 43.2 Å². The van der Waals surface area contributed by atoms with Gasteiger partial charge in [0, 0.05) is 23.7 Å². The minimum atomic E-state index is -2.87. The van der Waals surface area contributed by atoms with Gasteiger partial charge in [-0.05, 0) is 37.1 Å². The molecule has 0 bridgehead atoms. The van der Waals surface area contributed by atoms with E-state index in [1.54, 1.807) is 17.7 Å². The predicted molar refractivity (Wildman–Crippen MR) is 97.7 cm³/mol. The minimum Gasteiger partial charge on any atom is -0.309 e. The molecule has 0 aliphatic carbocycles. The van der Waals surface area contributed by atoms with E-state index in [4.69, 9.17) is 0 Å². The van der Waals surface area contributed by atoms with Gasteiger partial charge >= 0.3 is 0 Å². The molecule has 10 heteroatoms. The summed E-state index contributed by atoms with van der Waals surface area (Å²) in [6, 6.07) is 2.09. The van der Waals surface area contributed by atoms with Gasteiger partial charge in [0.25, 0.3) is 0 Å². The third-order valence-electron chi connectivity index (χ3n) is 4.33. The van der Waals surface area contributed by atoms with Crippen molar-refractivity contribution in [1.29, 1.82) is 0 Å². The second kappa shape index (κ2) is 6.33. The van der Waals surface area contributed by atoms with Gasteiger partial charge < -0.3 is 4.57 Å². The van der Waals surface area contributed by atoms with E-state index >= 15 is 0 Å². The number of hydrogen-bond acceptors (Lipinski definition) is 8. The number of thiophene rings is 1. The molecule has 1 aliphatic heterocycles. The van der Waals surface area contributed by atoms with Crippen molar-refractivity contribution in [2.24, 2.45) is 13.0 Å². The topological polar surface area (TPSA) is 90.6 Å². The molecule has 1 atom stereocenters. The molecule has 0 aromatic carbocycles. The number of sulfone groups is 1. The van der Waals surface area contributed by atoms with Crippen LogP contribution in [0.4, 0.5) is 0 Å². The maximum absolute atomic E-state index is 11.6. The molecule has 3 aromatic rings. The van der Waals surface area contributed by atoms with Crippen molar-refractivity contribution in [3.05, 3.63) is 23.1 Å². The molecule has 0 N–H and O–H groups in total. The van der Waals surface area contributed by atoms with E-state index in [-0.39, 0.29) is 17.4 Å². The van der Waals surface area contributed by atoms with Gasteiger partial charge in [0.1, 0.15) is 22.0 Å². The molecule has 0 saturated carbocycles. The van der Waals surface area contributed by atoms with Crippen LogP contribution in [0, 0.1) is 12.8 Å². The molecule has 0 radical (unpaired) electrons. The second-order valence-corrected chi connectivity index (χ2v) is 10.7. The van der Waals surface area contributed by atoms with Gasteiger partial charge in [0.2, 0.25) is 0 Å². The van der Waals surface area contributed by atoms with E-state index in [9.17, 15) is 8.42 Å².